The SMILES string of the molecule is COc1ccccc1C1C(C(=O)CCc2ccccc2)=C(O)C(=O)N1C1CCCC1. The molecule has 2 aromatic carbocycles. The monoisotopic (exact) mass is 405 g/mol. The van der Waals surface area contributed by atoms with Crippen LogP contribution < -0.4 is 4.74 Å². The van der Waals surface area contributed by atoms with Gasteiger partial charge in [-0.15, -0.1) is 0 Å². The van der Waals surface area contributed by atoms with Crippen LogP contribution in [-0.4, -0.2) is 34.8 Å². The third kappa shape index (κ3) is 3.72. The fourth-order valence-electron chi connectivity index (χ4n) is 4.70. The van der Waals surface area contributed by atoms with Crippen LogP contribution in [0.2, 0.25) is 0 Å². The molecule has 1 atom stereocenters. The predicted molar refractivity (Wildman–Crippen MR) is 114 cm³/mol. The van der Waals surface area contributed by atoms with E-state index in [2.05, 4.69) is 0 Å². The minimum Gasteiger partial charge on any atom is -0.503 e. The first-order chi connectivity index (χ1) is 14.6. The summed E-state index contributed by atoms with van der Waals surface area (Å²) in [7, 11) is 1.58. The molecule has 1 saturated carbocycles. The van der Waals surface area contributed by atoms with Gasteiger partial charge in [-0.2, -0.15) is 0 Å². The number of hydrogen-bond donors (Lipinski definition) is 1. The van der Waals surface area contributed by atoms with Gasteiger partial charge in [-0.3, -0.25) is 9.59 Å². The van der Waals surface area contributed by atoms with Crippen molar-refractivity contribution in [2.75, 3.05) is 7.11 Å². The molecule has 1 unspecified atom stereocenters. The fraction of sp³-hybridized carbons (Fsp3) is 0.360. The average Bonchev–Trinajstić information content (AvgIpc) is 3.39. The zero-order valence-corrected chi connectivity index (χ0v) is 17.2. The van der Waals surface area contributed by atoms with E-state index in [0.717, 1.165) is 36.8 Å². The molecule has 1 amide bonds. The van der Waals surface area contributed by atoms with E-state index in [1.807, 2.05) is 54.6 Å². The maximum Gasteiger partial charge on any atom is 0.290 e. The van der Waals surface area contributed by atoms with Gasteiger partial charge in [0.2, 0.25) is 0 Å². The van der Waals surface area contributed by atoms with E-state index in [4.69, 9.17) is 4.74 Å². The van der Waals surface area contributed by atoms with Gasteiger partial charge in [0.05, 0.1) is 18.7 Å². The predicted octanol–water partition coefficient (Wildman–Crippen LogP) is 4.54. The highest BCUT2D eigenvalue weighted by Gasteiger charge is 2.47. The van der Waals surface area contributed by atoms with Crippen LogP contribution in [-0.2, 0) is 16.0 Å². The van der Waals surface area contributed by atoms with Crippen molar-refractivity contribution >= 4 is 11.7 Å². The van der Waals surface area contributed by atoms with Crippen LogP contribution in [0.25, 0.3) is 0 Å². The van der Waals surface area contributed by atoms with Crippen molar-refractivity contribution in [1.29, 1.82) is 0 Å². The Hall–Kier alpha value is -3.08. The summed E-state index contributed by atoms with van der Waals surface area (Å²) in [6, 6.07) is 16.6. The molecule has 2 aliphatic rings. The molecule has 1 aliphatic carbocycles. The van der Waals surface area contributed by atoms with E-state index in [-0.39, 0.29) is 23.8 Å². The summed E-state index contributed by atoms with van der Waals surface area (Å²) >= 11 is 0. The minimum atomic E-state index is -0.611. The number of aryl methyl sites for hydroxylation is 1. The van der Waals surface area contributed by atoms with Crippen molar-refractivity contribution in [2.45, 2.75) is 50.6 Å². The van der Waals surface area contributed by atoms with Gasteiger partial charge in [0.1, 0.15) is 5.75 Å². The van der Waals surface area contributed by atoms with Gasteiger partial charge in [-0.05, 0) is 30.9 Å². The lowest BCUT2D eigenvalue weighted by Gasteiger charge is -2.32. The summed E-state index contributed by atoms with van der Waals surface area (Å²) in [5, 5.41) is 10.8. The largest absolute Gasteiger partial charge is 0.503 e. The molecule has 0 radical (unpaired) electrons. The van der Waals surface area contributed by atoms with Crippen LogP contribution in [0, 0.1) is 0 Å². The Bertz CT molecular complexity index is 960. The molecule has 0 bridgehead atoms. The molecule has 156 valence electrons. The van der Waals surface area contributed by atoms with Crippen molar-refractivity contribution < 1.29 is 19.4 Å². The van der Waals surface area contributed by atoms with Gasteiger partial charge in [-0.25, -0.2) is 0 Å². The number of nitrogens with zero attached hydrogens (tertiary/aromatic N) is 1. The van der Waals surface area contributed by atoms with Crippen molar-refractivity contribution in [1.82, 2.24) is 4.90 Å². The molecular weight excluding hydrogens is 378 g/mol. The van der Waals surface area contributed by atoms with E-state index >= 15 is 0 Å². The Balaban J connectivity index is 1.70. The Morgan fingerprint density at radius 1 is 1.07 bits per heavy atom. The van der Waals surface area contributed by atoms with Gasteiger partial charge in [-0.1, -0.05) is 61.4 Å². The molecule has 0 aromatic heterocycles. The molecule has 1 aliphatic heterocycles. The number of aliphatic hydroxyl groups is 1. The summed E-state index contributed by atoms with van der Waals surface area (Å²) in [4.78, 5) is 28.1. The quantitative estimate of drug-likeness (QED) is 0.735. The van der Waals surface area contributed by atoms with Gasteiger partial charge < -0.3 is 14.7 Å². The summed E-state index contributed by atoms with van der Waals surface area (Å²) in [6.07, 6.45) is 4.66. The lowest BCUT2D eigenvalue weighted by Crippen LogP contribution is -2.38. The Labute approximate surface area is 177 Å². The number of Topliss-reactive ketones (excluding diaryl/α,β-unsaturated/α-hetero) is 1. The topological polar surface area (TPSA) is 66.8 Å². The highest BCUT2D eigenvalue weighted by Crippen LogP contribution is 2.45. The average molecular weight is 405 g/mol. The third-order valence-corrected chi connectivity index (χ3v) is 6.18. The maximum absolute atomic E-state index is 13.3. The summed E-state index contributed by atoms with van der Waals surface area (Å²) < 4.78 is 5.54. The van der Waals surface area contributed by atoms with Crippen molar-refractivity contribution in [3.63, 3.8) is 0 Å². The van der Waals surface area contributed by atoms with Crippen LogP contribution in [0.15, 0.2) is 65.9 Å². The third-order valence-electron chi connectivity index (χ3n) is 6.18. The molecule has 0 saturated heterocycles. The molecule has 5 heteroatoms. The Morgan fingerprint density at radius 2 is 1.73 bits per heavy atom. The van der Waals surface area contributed by atoms with E-state index < -0.39 is 17.7 Å². The number of amides is 1. The molecule has 4 rings (SSSR count). The lowest BCUT2D eigenvalue weighted by atomic mass is 9.92. The molecular formula is C25H27NO4. The standard InChI is InChI=1S/C25H27NO4/c1-30-21-14-8-7-13-19(21)23-22(20(27)16-15-17-9-3-2-4-10-17)24(28)25(29)26(23)18-11-5-6-12-18/h2-4,7-10,13-14,18,23,28H,5-6,11-12,15-16H2,1H3. The molecule has 2 aromatic rings. The first-order valence-corrected chi connectivity index (χ1v) is 10.6. The maximum atomic E-state index is 13.3. The second-order valence-corrected chi connectivity index (χ2v) is 7.97. The van der Waals surface area contributed by atoms with Crippen LogP contribution in [0.3, 0.4) is 0 Å². The summed E-state index contributed by atoms with van der Waals surface area (Å²) in [5.41, 5.74) is 2.00. The number of carbonyl (C=O) groups excluding carboxylic acids is 2. The number of ketones is 1. The van der Waals surface area contributed by atoms with Crippen molar-refractivity contribution in [3.8, 4) is 5.75 Å². The molecule has 1 fully saturated rings. The molecule has 5 nitrogen and oxygen atoms in total. The summed E-state index contributed by atoms with van der Waals surface area (Å²) in [5.74, 6) is -0.431. The van der Waals surface area contributed by atoms with Crippen LogP contribution in [0.5, 0.6) is 5.75 Å². The van der Waals surface area contributed by atoms with E-state index in [1.165, 1.54) is 0 Å². The summed E-state index contributed by atoms with van der Waals surface area (Å²) in [6.45, 7) is 0. The second-order valence-electron chi connectivity index (χ2n) is 7.97. The zero-order valence-electron chi connectivity index (χ0n) is 17.2. The van der Waals surface area contributed by atoms with Crippen molar-refractivity contribution in [3.05, 3.63) is 77.1 Å². The Kier molecular flexibility index (Phi) is 5.88. The number of rotatable bonds is 7. The van der Waals surface area contributed by atoms with Crippen LogP contribution in [0.1, 0.15) is 49.3 Å². The zero-order chi connectivity index (χ0) is 21.1. The van der Waals surface area contributed by atoms with Gasteiger partial charge >= 0.3 is 0 Å². The highest BCUT2D eigenvalue weighted by atomic mass is 16.5. The van der Waals surface area contributed by atoms with E-state index in [9.17, 15) is 14.7 Å². The first-order valence-electron chi connectivity index (χ1n) is 10.6. The smallest absolute Gasteiger partial charge is 0.290 e. The number of carbonyl (C=O) groups is 2. The number of aliphatic hydroxyl groups excluding tert-OH is 1. The van der Waals surface area contributed by atoms with Crippen LogP contribution in [0.4, 0.5) is 0 Å². The number of ether oxygens (including phenoxy) is 1. The normalized spacial score (nSPS) is 19.6. The number of hydrogen-bond acceptors (Lipinski definition) is 4. The second kappa shape index (κ2) is 8.74. The van der Waals surface area contributed by atoms with E-state index in [1.54, 1.807) is 12.0 Å². The van der Waals surface area contributed by atoms with Gasteiger partial charge in [0.15, 0.2) is 11.5 Å². The highest BCUT2D eigenvalue weighted by molar-refractivity contribution is 6.09. The molecule has 30 heavy (non-hydrogen) atoms. The number of methoxy groups -OCH3 is 1. The Morgan fingerprint density at radius 3 is 2.43 bits per heavy atom. The van der Waals surface area contributed by atoms with E-state index in [0.29, 0.717) is 12.2 Å². The van der Waals surface area contributed by atoms with Crippen molar-refractivity contribution in [2.24, 2.45) is 0 Å². The fourth-order valence-corrected chi connectivity index (χ4v) is 4.70. The lowest BCUT2D eigenvalue weighted by molar-refractivity contribution is -0.131. The molecule has 1 heterocycles. The molecule has 0 spiro atoms. The number of benzene rings is 2. The van der Waals surface area contributed by atoms with Crippen LogP contribution >= 0.6 is 0 Å². The van der Waals surface area contributed by atoms with Gasteiger partial charge in [0, 0.05) is 18.0 Å². The molecule has 1 N–H and O–H groups in total. The van der Waals surface area contributed by atoms with Gasteiger partial charge in [0.25, 0.3) is 5.91 Å². The number of para-hydroxylation sites is 1. The first kappa shape index (κ1) is 20.2. The minimum absolute atomic E-state index is 0.0222.